The monoisotopic (exact) mass is 230 g/mol. The average Bonchev–Trinajstić information content (AvgIpc) is 2.16. The van der Waals surface area contributed by atoms with E-state index in [4.69, 9.17) is 0 Å². The summed E-state index contributed by atoms with van der Waals surface area (Å²) in [5, 5.41) is 0. The van der Waals surface area contributed by atoms with Crippen molar-refractivity contribution in [2.75, 3.05) is 0 Å². The van der Waals surface area contributed by atoms with Crippen LogP contribution in [0.15, 0.2) is 24.3 Å². The maximum atomic E-state index is 13.6. The first kappa shape index (κ1) is 12.5. The number of hydrogen-bond donors (Lipinski definition) is 1. The highest BCUT2D eigenvalue weighted by Gasteiger charge is 2.31. The maximum Gasteiger partial charge on any atom is 0.273 e. The topological polar surface area (TPSA) is 0 Å². The van der Waals surface area contributed by atoms with Crippen LogP contribution in [0, 0.1) is 5.92 Å². The van der Waals surface area contributed by atoms with Gasteiger partial charge >= 0.3 is 0 Å². The van der Waals surface area contributed by atoms with Gasteiger partial charge in [-0.05, 0) is 11.5 Å². The Morgan fingerprint density at radius 3 is 2.13 bits per heavy atom. The molecule has 1 rings (SSSR count). The minimum Gasteiger partial charge on any atom is -0.201 e. The molecule has 0 unspecified atom stereocenters. The van der Waals surface area contributed by atoms with Crippen LogP contribution >= 0.6 is 12.6 Å². The number of benzene rings is 1. The van der Waals surface area contributed by atoms with E-state index in [9.17, 15) is 8.78 Å². The molecule has 0 saturated carbocycles. The lowest BCUT2D eigenvalue weighted by molar-refractivity contribution is -0.0249. The van der Waals surface area contributed by atoms with E-state index < -0.39 is 5.92 Å². The highest BCUT2D eigenvalue weighted by Crippen LogP contribution is 2.34. The second kappa shape index (κ2) is 4.97. The molecule has 0 aliphatic carbocycles. The summed E-state index contributed by atoms with van der Waals surface area (Å²) in [6.45, 7) is 3.60. The van der Waals surface area contributed by atoms with E-state index in [0.29, 0.717) is 5.75 Å². The predicted octanol–water partition coefficient (Wildman–Crippen LogP) is 4.25. The van der Waals surface area contributed by atoms with Crippen LogP contribution in [0.4, 0.5) is 8.78 Å². The van der Waals surface area contributed by atoms with Crippen molar-refractivity contribution in [3.05, 3.63) is 35.4 Å². The number of rotatable bonds is 4. The zero-order chi connectivity index (χ0) is 11.5. The van der Waals surface area contributed by atoms with Crippen LogP contribution in [0.25, 0.3) is 0 Å². The Morgan fingerprint density at radius 1 is 1.20 bits per heavy atom. The lowest BCUT2D eigenvalue weighted by Gasteiger charge is -2.19. The molecule has 84 valence electrons. The van der Waals surface area contributed by atoms with Crippen LogP contribution in [-0.2, 0) is 11.7 Å². The predicted molar refractivity (Wildman–Crippen MR) is 62.5 cm³/mol. The molecule has 0 aliphatic heterocycles. The number of thiol groups is 1. The van der Waals surface area contributed by atoms with Crippen LogP contribution < -0.4 is 0 Å². The Morgan fingerprint density at radius 2 is 1.73 bits per heavy atom. The van der Waals surface area contributed by atoms with Gasteiger partial charge in [0.05, 0.1) is 0 Å². The number of halogens is 2. The summed E-state index contributed by atoms with van der Waals surface area (Å²) < 4.78 is 27.2. The first-order valence-corrected chi connectivity index (χ1v) is 5.67. The molecule has 0 bridgehead atoms. The fourth-order valence-electron chi connectivity index (χ4n) is 1.48. The van der Waals surface area contributed by atoms with E-state index in [1.807, 2.05) is 0 Å². The normalized spacial score (nSPS) is 12.1. The van der Waals surface area contributed by atoms with Crippen molar-refractivity contribution in [3.63, 3.8) is 0 Å². The minimum atomic E-state index is -2.72. The van der Waals surface area contributed by atoms with Gasteiger partial charge in [0.15, 0.2) is 0 Å². The third kappa shape index (κ3) is 3.49. The molecule has 0 spiro atoms. The Labute approximate surface area is 95.1 Å². The van der Waals surface area contributed by atoms with Gasteiger partial charge in [-0.1, -0.05) is 38.1 Å². The SMILES string of the molecule is CC(C)CC(F)(F)c1ccc(CS)cc1. The fraction of sp³-hybridized carbons (Fsp3) is 0.500. The zero-order valence-corrected chi connectivity index (χ0v) is 9.90. The molecule has 15 heavy (non-hydrogen) atoms. The van der Waals surface area contributed by atoms with Gasteiger partial charge in [-0.15, -0.1) is 0 Å². The standard InChI is InChI=1S/C12H16F2S/c1-9(2)7-12(13,14)11-5-3-10(8-15)4-6-11/h3-6,9,15H,7-8H2,1-2H3. The van der Waals surface area contributed by atoms with E-state index in [-0.39, 0.29) is 17.9 Å². The summed E-state index contributed by atoms with van der Waals surface area (Å²) in [5.41, 5.74) is 1.06. The summed E-state index contributed by atoms with van der Waals surface area (Å²) >= 11 is 4.09. The van der Waals surface area contributed by atoms with Gasteiger partial charge in [0.1, 0.15) is 0 Å². The summed E-state index contributed by atoms with van der Waals surface area (Å²) in [6.07, 6.45) is -0.104. The molecule has 0 heterocycles. The van der Waals surface area contributed by atoms with Gasteiger partial charge in [-0.3, -0.25) is 0 Å². The molecule has 0 nitrogen and oxygen atoms in total. The van der Waals surface area contributed by atoms with E-state index >= 15 is 0 Å². The van der Waals surface area contributed by atoms with Gasteiger partial charge in [-0.25, -0.2) is 8.78 Å². The average molecular weight is 230 g/mol. The molecule has 0 radical (unpaired) electrons. The minimum absolute atomic E-state index is 0.00967. The van der Waals surface area contributed by atoms with E-state index in [1.165, 1.54) is 12.1 Å². The van der Waals surface area contributed by atoms with Gasteiger partial charge in [0.2, 0.25) is 0 Å². The molecular weight excluding hydrogens is 214 g/mol. The molecule has 0 aromatic heterocycles. The molecular formula is C12H16F2S. The Hall–Kier alpha value is -0.570. The lowest BCUT2D eigenvalue weighted by atomic mass is 9.98. The highest BCUT2D eigenvalue weighted by atomic mass is 32.1. The van der Waals surface area contributed by atoms with Crippen molar-refractivity contribution in [1.82, 2.24) is 0 Å². The Bertz CT molecular complexity index is 304. The number of alkyl halides is 2. The third-order valence-corrected chi connectivity index (χ3v) is 2.59. The van der Waals surface area contributed by atoms with Gasteiger partial charge in [-0.2, -0.15) is 12.6 Å². The van der Waals surface area contributed by atoms with Gasteiger partial charge in [0.25, 0.3) is 5.92 Å². The molecule has 1 aromatic carbocycles. The van der Waals surface area contributed by atoms with Crippen molar-refractivity contribution in [2.24, 2.45) is 5.92 Å². The van der Waals surface area contributed by atoms with Crippen LogP contribution in [0.1, 0.15) is 31.4 Å². The van der Waals surface area contributed by atoms with Crippen molar-refractivity contribution in [2.45, 2.75) is 31.9 Å². The first-order chi connectivity index (χ1) is 6.95. The zero-order valence-electron chi connectivity index (χ0n) is 9.00. The number of hydrogen-bond acceptors (Lipinski definition) is 1. The quantitative estimate of drug-likeness (QED) is 0.734. The van der Waals surface area contributed by atoms with E-state index in [0.717, 1.165) is 5.56 Å². The van der Waals surface area contributed by atoms with Crippen LogP contribution in [-0.4, -0.2) is 0 Å². The van der Waals surface area contributed by atoms with Crippen molar-refractivity contribution >= 4 is 12.6 Å². The molecule has 0 N–H and O–H groups in total. The second-order valence-electron chi connectivity index (χ2n) is 4.16. The van der Waals surface area contributed by atoms with E-state index in [2.05, 4.69) is 12.6 Å². The highest BCUT2D eigenvalue weighted by molar-refractivity contribution is 7.79. The van der Waals surface area contributed by atoms with Crippen molar-refractivity contribution in [3.8, 4) is 0 Å². The van der Waals surface area contributed by atoms with Gasteiger partial charge in [0, 0.05) is 17.7 Å². The molecule has 0 saturated heterocycles. The summed E-state index contributed by atoms with van der Waals surface area (Å²) in [6, 6.07) is 6.40. The molecule has 3 heteroatoms. The largest absolute Gasteiger partial charge is 0.273 e. The van der Waals surface area contributed by atoms with Crippen LogP contribution in [0.5, 0.6) is 0 Å². The molecule has 0 fully saturated rings. The van der Waals surface area contributed by atoms with Crippen LogP contribution in [0.3, 0.4) is 0 Å². The summed E-state index contributed by atoms with van der Waals surface area (Å²) in [5.74, 6) is -2.15. The second-order valence-corrected chi connectivity index (χ2v) is 4.47. The molecule has 1 aromatic rings. The van der Waals surface area contributed by atoms with Crippen LogP contribution in [0.2, 0.25) is 0 Å². The third-order valence-electron chi connectivity index (χ3n) is 2.22. The van der Waals surface area contributed by atoms with Crippen molar-refractivity contribution in [1.29, 1.82) is 0 Å². The van der Waals surface area contributed by atoms with Crippen molar-refractivity contribution < 1.29 is 8.78 Å². The smallest absolute Gasteiger partial charge is 0.201 e. The molecule has 0 aliphatic rings. The first-order valence-electron chi connectivity index (χ1n) is 5.04. The lowest BCUT2D eigenvalue weighted by Crippen LogP contribution is -2.16. The summed E-state index contributed by atoms with van der Waals surface area (Å²) in [4.78, 5) is 0. The van der Waals surface area contributed by atoms with E-state index in [1.54, 1.807) is 26.0 Å². The Kier molecular flexibility index (Phi) is 4.14. The maximum absolute atomic E-state index is 13.6. The fourth-order valence-corrected chi connectivity index (χ4v) is 1.70. The summed E-state index contributed by atoms with van der Waals surface area (Å²) in [7, 11) is 0. The molecule has 0 amide bonds. The molecule has 0 atom stereocenters. The Balaban J connectivity index is 2.85. The van der Waals surface area contributed by atoms with Gasteiger partial charge < -0.3 is 0 Å².